The molecule has 0 aliphatic heterocycles. The van der Waals surface area contributed by atoms with E-state index in [1.54, 1.807) is 63.5 Å². The Morgan fingerprint density at radius 2 is 1.76 bits per heavy atom. The van der Waals surface area contributed by atoms with Gasteiger partial charge in [0.05, 0.1) is 0 Å². The fourth-order valence-corrected chi connectivity index (χ4v) is 2.35. The van der Waals surface area contributed by atoms with Gasteiger partial charge in [-0.1, -0.05) is 12.1 Å². The summed E-state index contributed by atoms with van der Waals surface area (Å²) in [7, 11) is 0. The molecule has 0 fully saturated rings. The Morgan fingerprint density at radius 3 is 2.45 bits per heavy atom. The Kier molecular flexibility index (Phi) is 7.70. The lowest BCUT2D eigenvalue weighted by Crippen LogP contribution is -2.35. The van der Waals surface area contributed by atoms with E-state index < -0.39 is 11.7 Å². The van der Waals surface area contributed by atoms with Crippen molar-refractivity contribution in [3.05, 3.63) is 59.9 Å². The van der Waals surface area contributed by atoms with Crippen LogP contribution in [0.15, 0.2) is 48.8 Å². The van der Waals surface area contributed by atoms with Crippen LogP contribution in [0.5, 0.6) is 0 Å². The molecule has 0 radical (unpaired) electrons. The summed E-state index contributed by atoms with van der Waals surface area (Å²) >= 11 is 0. The van der Waals surface area contributed by atoms with Gasteiger partial charge in [0.25, 0.3) is 5.91 Å². The second-order valence-electron chi connectivity index (χ2n) is 7.35. The van der Waals surface area contributed by atoms with Crippen molar-refractivity contribution in [2.24, 2.45) is 0 Å². The van der Waals surface area contributed by atoms with Gasteiger partial charge in [0.1, 0.15) is 5.60 Å². The molecule has 0 saturated heterocycles. The molecule has 0 aliphatic rings. The van der Waals surface area contributed by atoms with Crippen LogP contribution in [0.3, 0.4) is 0 Å². The van der Waals surface area contributed by atoms with E-state index in [9.17, 15) is 14.4 Å². The largest absolute Gasteiger partial charge is 0.444 e. The summed E-state index contributed by atoms with van der Waals surface area (Å²) < 4.78 is 5.11. The van der Waals surface area contributed by atoms with Crippen LogP contribution in [-0.2, 0) is 16.1 Å². The van der Waals surface area contributed by atoms with Gasteiger partial charge in [-0.25, -0.2) is 4.79 Å². The summed E-state index contributed by atoms with van der Waals surface area (Å²) in [6.45, 7) is 5.81. The molecule has 1 aromatic carbocycles. The highest BCUT2D eigenvalue weighted by molar-refractivity contribution is 6.04. The molecule has 1 aromatic heterocycles. The summed E-state index contributed by atoms with van der Waals surface area (Å²) in [4.78, 5) is 39.6. The third-order valence-electron chi connectivity index (χ3n) is 3.64. The van der Waals surface area contributed by atoms with Crippen molar-refractivity contribution in [3.8, 4) is 0 Å². The van der Waals surface area contributed by atoms with Crippen LogP contribution >= 0.6 is 0 Å². The first-order valence-corrected chi connectivity index (χ1v) is 9.27. The molecular formula is C21H26N4O4. The molecule has 0 aliphatic carbocycles. The van der Waals surface area contributed by atoms with Crippen molar-refractivity contribution >= 4 is 23.6 Å². The topological polar surface area (TPSA) is 109 Å². The van der Waals surface area contributed by atoms with E-state index in [4.69, 9.17) is 4.74 Å². The summed E-state index contributed by atoms with van der Waals surface area (Å²) in [5.74, 6) is -0.436. The zero-order chi connectivity index (χ0) is 21.3. The second-order valence-corrected chi connectivity index (χ2v) is 7.35. The minimum atomic E-state index is -0.579. The number of carbonyl (C=O) groups is 3. The number of rotatable bonds is 7. The van der Waals surface area contributed by atoms with Gasteiger partial charge in [0, 0.05) is 43.2 Å². The van der Waals surface area contributed by atoms with Gasteiger partial charge >= 0.3 is 6.09 Å². The molecule has 0 bridgehead atoms. The zero-order valence-corrected chi connectivity index (χ0v) is 16.8. The van der Waals surface area contributed by atoms with Crippen molar-refractivity contribution in [2.75, 3.05) is 11.9 Å². The molecule has 3 N–H and O–H groups in total. The van der Waals surface area contributed by atoms with E-state index in [-0.39, 0.29) is 24.8 Å². The number of ether oxygens (including phenoxy) is 1. The maximum atomic E-state index is 12.2. The number of aromatic nitrogens is 1. The van der Waals surface area contributed by atoms with Crippen molar-refractivity contribution in [3.63, 3.8) is 0 Å². The van der Waals surface area contributed by atoms with Gasteiger partial charge in [-0.05, 0) is 50.6 Å². The first kappa shape index (κ1) is 21.9. The molecule has 0 unspecified atom stereocenters. The van der Waals surface area contributed by atoms with Crippen LogP contribution in [0, 0.1) is 0 Å². The maximum Gasteiger partial charge on any atom is 0.407 e. The Balaban J connectivity index is 1.76. The van der Waals surface area contributed by atoms with E-state index in [0.717, 1.165) is 5.56 Å². The third-order valence-corrected chi connectivity index (χ3v) is 3.64. The molecule has 8 heteroatoms. The van der Waals surface area contributed by atoms with E-state index >= 15 is 0 Å². The van der Waals surface area contributed by atoms with Gasteiger partial charge in [0.15, 0.2) is 0 Å². The fourth-order valence-electron chi connectivity index (χ4n) is 2.35. The van der Waals surface area contributed by atoms with Crippen LogP contribution in [-0.4, -0.2) is 35.0 Å². The number of amides is 3. The average Bonchev–Trinajstić information content (AvgIpc) is 2.66. The summed E-state index contributed by atoms with van der Waals surface area (Å²) in [6, 6.07) is 10.5. The van der Waals surface area contributed by atoms with Gasteiger partial charge in [-0.2, -0.15) is 0 Å². The smallest absolute Gasteiger partial charge is 0.407 e. The number of carbonyl (C=O) groups excluding carboxylic acids is 3. The first-order valence-electron chi connectivity index (χ1n) is 9.27. The number of nitrogens with zero attached hydrogens (tertiary/aromatic N) is 1. The molecule has 0 spiro atoms. The Bertz CT molecular complexity index is 847. The normalized spacial score (nSPS) is 10.7. The Hall–Kier alpha value is -3.42. The third kappa shape index (κ3) is 8.42. The van der Waals surface area contributed by atoms with Crippen molar-refractivity contribution < 1.29 is 19.1 Å². The predicted octanol–water partition coefficient (Wildman–Crippen LogP) is 2.86. The lowest BCUT2D eigenvalue weighted by Gasteiger charge is -2.19. The molecule has 154 valence electrons. The predicted molar refractivity (Wildman–Crippen MR) is 109 cm³/mol. The molecule has 0 atom stereocenters. The number of benzene rings is 1. The minimum Gasteiger partial charge on any atom is -0.444 e. The van der Waals surface area contributed by atoms with E-state index in [0.29, 0.717) is 17.8 Å². The van der Waals surface area contributed by atoms with E-state index in [1.807, 2.05) is 6.07 Å². The highest BCUT2D eigenvalue weighted by Crippen LogP contribution is 2.12. The number of anilines is 1. The molecule has 2 rings (SSSR count). The fraction of sp³-hybridized carbons (Fsp3) is 0.333. The maximum absolute atomic E-state index is 12.2. The SMILES string of the molecule is CC(C)(C)OC(=O)NCCC(=O)NCc1cccc(NC(=O)c2ccncc2)c1. The number of pyridine rings is 1. The van der Waals surface area contributed by atoms with Gasteiger partial charge in [0.2, 0.25) is 5.91 Å². The molecule has 0 saturated carbocycles. The Labute approximate surface area is 170 Å². The number of alkyl carbamates (subject to hydrolysis) is 1. The summed E-state index contributed by atoms with van der Waals surface area (Å²) in [5, 5.41) is 8.13. The van der Waals surface area contributed by atoms with Crippen molar-refractivity contribution in [1.29, 1.82) is 0 Å². The number of nitrogens with one attached hydrogen (secondary N) is 3. The van der Waals surface area contributed by atoms with E-state index in [2.05, 4.69) is 20.9 Å². The number of hydrogen-bond acceptors (Lipinski definition) is 5. The zero-order valence-electron chi connectivity index (χ0n) is 16.8. The molecular weight excluding hydrogens is 372 g/mol. The molecule has 29 heavy (non-hydrogen) atoms. The standard InChI is InChI=1S/C21H26N4O4/c1-21(2,3)29-20(28)23-12-9-18(26)24-14-15-5-4-6-17(13-15)25-19(27)16-7-10-22-11-8-16/h4-8,10-11,13H,9,12,14H2,1-3H3,(H,23,28)(H,24,26)(H,25,27). The van der Waals surface area contributed by atoms with Crippen molar-refractivity contribution in [2.45, 2.75) is 39.3 Å². The van der Waals surface area contributed by atoms with Gasteiger partial charge in [-0.15, -0.1) is 0 Å². The average molecular weight is 398 g/mol. The van der Waals surface area contributed by atoms with Crippen LogP contribution in [0.4, 0.5) is 10.5 Å². The van der Waals surface area contributed by atoms with Crippen LogP contribution < -0.4 is 16.0 Å². The summed E-state index contributed by atoms with van der Waals surface area (Å²) in [5.41, 5.74) is 1.40. The molecule has 1 heterocycles. The van der Waals surface area contributed by atoms with Crippen molar-refractivity contribution in [1.82, 2.24) is 15.6 Å². The highest BCUT2D eigenvalue weighted by atomic mass is 16.6. The number of hydrogen-bond donors (Lipinski definition) is 3. The van der Waals surface area contributed by atoms with Crippen LogP contribution in [0.25, 0.3) is 0 Å². The molecule has 2 aromatic rings. The quantitative estimate of drug-likeness (QED) is 0.664. The van der Waals surface area contributed by atoms with Crippen LogP contribution in [0.2, 0.25) is 0 Å². The monoisotopic (exact) mass is 398 g/mol. The minimum absolute atomic E-state index is 0.137. The van der Waals surface area contributed by atoms with E-state index in [1.165, 1.54) is 0 Å². The van der Waals surface area contributed by atoms with Crippen LogP contribution in [0.1, 0.15) is 43.1 Å². The lowest BCUT2D eigenvalue weighted by atomic mass is 10.2. The van der Waals surface area contributed by atoms with Gasteiger partial charge in [-0.3, -0.25) is 14.6 Å². The molecule has 8 nitrogen and oxygen atoms in total. The highest BCUT2D eigenvalue weighted by Gasteiger charge is 2.15. The summed E-state index contributed by atoms with van der Waals surface area (Å²) in [6.07, 6.45) is 2.69. The Morgan fingerprint density at radius 1 is 1.03 bits per heavy atom. The lowest BCUT2D eigenvalue weighted by molar-refractivity contribution is -0.121. The first-order chi connectivity index (χ1) is 13.7. The van der Waals surface area contributed by atoms with Gasteiger partial charge < -0.3 is 20.7 Å². The molecule has 3 amide bonds. The second kappa shape index (κ2) is 10.2.